The van der Waals surface area contributed by atoms with E-state index in [0.717, 1.165) is 18.7 Å². The maximum atomic E-state index is 11.6. The molecule has 1 fully saturated rings. The highest BCUT2D eigenvalue weighted by Gasteiger charge is 2.38. The molecule has 3 rings (SSSR count). The van der Waals surface area contributed by atoms with Gasteiger partial charge in [0, 0.05) is 18.2 Å². The Hall–Kier alpha value is -1.51. The minimum absolute atomic E-state index is 0.0406. The molecule has 2 aliphatic heterocycles. The van der Waals surface area contributed by atoms with Crippen LogP contribution in [0.5, 0.6) is 0 Å². The number of rotatable bonds is 0. The molecule has 2 N–H and O–H groups in total. The van der Waals surface area contributed by atoms with Crippen molar-refractivity contribution in [2.45, 2.75) is 18.4 Å². The normalized spacial score (nSPS) is 28.7. The van der Waals surface area contributed by atoms with Crippen LogP contribution >= 0.6 is 0 Å². The minimum Gasteiger partial charge on any atom is -0.373 e. The zero-order chi connectivity index (χ0) is 9.54. The first-order chi connectivity index (χ1) is 6.86. The Labute approximate surface area is 82.5 Å². The van der Waals surface area contributed by atoms with Crippen LogP contribution in [0.4, 0.5) is 5.69 Å². The smallest absolute Gasteiger partial charge is 0.243 e. The molecule has 0 aromatic heterocycles. The molecule has 3 heteroatoms. The maximum Gasteiger partial charge on any atom is 0.243 e. The molecule has 2 atom stereocenters. The fraction of sp³-hybridized carbons (Fsp3) is 0.364. The third-order valence-electron chi connectivity index (χ3n) is 3.11. The molecule has 2 aliphatic rings. The first-order valence-electron chi connectivity index (χ1n) is 4.99. The van der Waals surface area contributed by atoms with Gasteiger partial charge in [0.1, 0.15) is 6.04 Å². The Kier molecular flexibility index (Phi) is 1.54. The van der Waals surface area contributed by atoms with E-state index < -0.39 is 0 Å². The van der Waals surface area contributed by atoms with Crippen molar-refractivity contribution in [2.24, 2.45) is 0 Å². The van der Waals surface area contributed by atoms with Gasteiger partial charge in [-0.1, -0.05) is 18.2 Å². The average Bonchev–Trinajstić information content (AvgIpc) is 2.59. The first kappa shape index (κ1) is 7.85. The van der Waals surface area contributed by atoms with Gasteiger partial charge in [-0.15, -0.1) is 0 Å². The predicted octanol–water partition coefficient (Wildman–Crippen LogP) is 1.08. The molecule has 1 amide bonds. The number of hydrogen-bond donors (Lipinski definition) is 2. The summed E-state index contributed by atoms with van der Waals surface area (Å²) < 4.78 is 0. The molecule has 1 saturated heterocycles. The van der Waals surface area contributed by atoms with Gasteiger partial charge in [0.05, 0.1) is 0 Å². The van der Waals surface area contributed by atoms with Gasteiger partial charge in [-0.05, 0) is 18.1 Å². The summed E-state index contributed by atoms with van der Waals surface area (Å²) >= 11 is 0. The molecule has 2 heterocycles. The van der Waals surface area contributed by atoms with Crippen molar-refractivity contribution in [3.05, 3.63) is 29.8 Å². The van der Waals surface area contributed by atoms with Gasteiger partial charge in [-0.25, -0.2) is 0 Å². The third-order valence-corrected chi connectivity index (χ3v) is 3.11. The van der Waals surface area contributed by atoms with Crippen molar-refractivity contribution in [3.8, 4) is 0 Å². The first-order valence-corrected chi connectivity index (χ1v) is 4.99. The SMILES string of the molecule is O=C1NCCC2c3ccccc3NC12. The van der Waals surface area contributed by atoms with Crippen molar-refractivity contribution in [3.63, 3.8) is 0 Å². The molecule has 0 radical (unpaired) electrons. The number of nitrogens with one attached hydrogen (secondary N) is 2. The van der Waals surface area contributed by atoms with E-state index in [1.807, 2.05) is 18.2 Å². The van der Waals surface area contributed by atoms with Crippen LogP contribution in [-0.4, -0.2) is 18.5 Å². The maximum absolute atomic E-state index is 11.6. The number of benzene rings is 1. The van der Waals surface area contributed by atoms with Crippen molar-refractivity contribution < 1.29 is 4.79 Å². The van der Waals surface area contributed by atoms with E-state index >= 15 is 0 Å². The Bertz CT molecular complexity index is 389. The van der Waals surface area contributed by atoms with Crippen LogP contribution in [-0.2, 0) is 4.79 Å². The molecule has 0 spiro atoms. The Balaban J connectivity index is 2.04. The molecule has 1 aromatic carbocycles. The van der Waals surface area contributed by atoms with E-state index in [2.05, 4.69) is 16.7 Å². The number of carbonyl (C=O) groups excluding carboxylic acids is 1. The third kappa shape index (κ3) is 0.953. The summed E-state index contributed by atoms with van der Waals surface area (Å²) in [5.41, 5.74) is 2.42. The van der Waals surface area contributed by atoms with Crippen molar-refractivity contribution in [1.29, 1.82) is 0 Å². The second-order valence-corrected chi connectivity index (χ2v) is 3.90. The van der Waals surface area contributed by atoms with Crippen LogP contribution < -0.4 is 10.6 Å². The Morgan fingerprint density at radius 2 is 2.14 bits per heavy atom. The van der Waals surface area contributed by atoms with E-state index in [0.29, 0.717) is 5.92 Å². The summed E-state index contributed by atoms with van der Waals surface area (Å²) in [6, 6.07) is 8.16. The Morgan fingerprint density at radius 3 is 3.07 bits per heavy atom. The predicted molar refractivity (Wildman–Crippen MR) is 54.2 cm³/mol. The van der Waals surface area contributed by atoms with Crippen molar-refractivity contribution >= 4 is 11.6 Å². The monoisotopic (exact) mass is 188 g/mol. The summed E-state index contributed by atoms with van der Waals surface area (Å²) in [5.74, 6) is 0.511. The summed E-state index contributed by atoms with van der Waals surface area (Å²) in [6.45, 7) is 0.802. The number of anilines is 1. The van der Waals surface area contributed by atoms with Crippen molar-refractivity contribution in [1.82, 2.24) is 5.32 Å². The van der Waals surface area contributed by atoms with E-state index in [4.69, 9.17) is 0 Å². The summed E-state index contributed by atoms with van der Waals surface area (Å²) in [6.07, 6.45) is 1.04. The van der Waals surface area contributed by atoms with Crippen LogP contribution in [0.15, 0.2) is 24.3 Å². The molecule has 0 saturated carbocycles. The second-order valence-electron chi connectivity index (χ2n) is 3.90. The molecular weight excluding hydrogens is 176 g/mol. The number of fused-ring (bicyclic) bond motifs is 3. The summed E-state index contributed by atoms with van der Waals surface area (Å²) in [5, 5.41) is 6.16. The highest BCUT2D eigenvalue weighted by molar-refractivity contribution is 5.89. The molecule has 3 nitrogen and oxygen atoms in total. The molecule has 14 heavy (non-hydrogen) atoms. The highest BCUT2D eigenvalue weighted by atomic mass is 16.2. The lowest BCUT2D eigenvalue weighted by atomic mass is 9.89. The van der Waals surface area contributed by atoms with Crippen LogP contribution in [0.3, 0.4) is 0 Å². The van der Waals surface area contributed by atoms with Gasteiger partial charge >= 0.3 is 0 Å². The summed E-state index contributed by atoms with van der Waals surface area (Å²) in [4.78, 5) is 11.6. The van der Waals surface area contributed by atoms with Crippen LogP contribution in [0.1, 0.15) is 17.9 Å². The zero-order valence-electron chi connectivity index (χ0n) is 7.79. The molecule has 72 valence electrons. The fourth-order valence-corrected chi connectivity index (χ4v) is 2.43. The number of piperidine rings is 1. The summed E-state index contributed by atoms with van der Waals surface area (Å²) in [7, 11) is 0. The van der Waals surface area contributed by atoms with E-state index in [1.54, 1.807) is 0 Å². The Morgan fingerprint density at radius 1 is 1.29 bits per heavy atom. The number of para-hydroxylation sites is 1. The van der Waals surface area contributed by atoms with E-state index in [1.165, 1.54) is 5.56 Å². The second kappa shape index (κ2) is 2.74. The van der Waals surface area contributed by atoms with Crippen LogP contribution in [0, 0.1) is 0 Å². The number of hydrogen-bond acceptors (Lipinski definition) is 2. The van der Waals surface area contributed by atoms with Gasteiger partial charge in [0.25, 0.3) is 0 Å². The lowest BCUT2D eigenvalue weighted by Gasteiger charge is -2.25. The standard InChI is InChI=1S/C11H12N2O/c14-11-10-8(5-6-12-11)7-3-1-2-4-9(7)13-10/h1-4,8,10,13H,5-6H2,(H,12,14). The van der Waals surface area contributed by atoms with E-state index in [9.17, 15) is 4.79 Å². The topological polar surface area (TPSA) is 41.1 Å². The van der Waals surface area contributed by atoms with Gasteiger partial charge in [-0.3, -0.25) is 4.79 Å². The van der Waals surface area contributed by atoms with Gasteiger partial charge in [-0.2, -0.15) is 0 Å². The number of carbonyl (C=O) groups is 1. The van der Waals surface area contributed by atoms with Crippen LogP contribution in [0.25, 0.3) is 0 Å². The molecule has 0 bridgehead atoms. The minimum atomic E-state index is -0.0406. The highest BCUT2D eigenvalue weighted by Crippen LogP contribution is 2.38. The average molecular weight is 188 g/mol. The zero-order valence-corrected chi connectivity index (χ0v) is 7.79. The number of amides is 1. The fourth-order valence-electron chi connectivity index (χ4n) is 2.43. The van der Waals surface area contributed by atoms with Gasteiger partial charge in [0.2, 0.25) is 5.91 Å². The van der Waals surface area contributed by atoms with Crippen molar-refractivity contribution in [2.75, 3.05) is 11.9 Å². The van der Waals surface area contributed by atoms with E-state index in [-0.39, 0.29) is 11.9 Å². The quantitative estimate of drug-likeness (QED) is 0.639. The molecule has 0 aliphatic carbocycles. The van der Waals surface area contributed by atoms with Crippen LogP contribution in [0.2, 0.25) is 0 Å². The molecular formula is C11H12N2O. The molecule has 1 aromatic rings. The molecule has 2 unspecified atom stereocenters. The largest absolute Gasteiger partial charge is 0.373 e. The van der Waals surface area contributed by atoms with Gasteiger partial charge < -0.3 is 10.6 Å². The van der Waals surface area contributed by atoms with Gasteiger partial charge in [0.15, 0.2) is 0 Å². The lowest BCUT2D eigenvalue weighted by molar-refractivity contribution is -0.123. The lowest BCUT2D eigenvalue weighted by Crippen LogP contribution is -2.46.